The van der Waals surface area contributed by atoms with E-state index in [0.29, 0.717) is 22.3 Å². The van der Waals surface area contributed by atoms with Crippen molar-refractivity contribution in [1.29, 1.82) is 0 Å². The van der Waals surface area contributed by atoms with E-state index >= 15 is 0 Å². The molecule has 0 unspecified atom stereocenters. The molecule has 24 heavy (non-hydrogen) atoms. The Labute approximate surface area is 155 Å². The molecule has 0 aliphatic rings. The average Bonchev–Trinajstić information content (AvgIpc) is 2.96. The Hall–Kier alpha value is -1.12. The number of likely N-dealkylation sites (N-methyl/N-ethyl adjacent to an activating group) is 1. The molecule has 0 bridgehead atoms. The fourth-order valence-electron chi connectivity index (χ4n) is 1.93. The number of carbonyl (C=O) groups excluding carboxylic acids is 1. The fraction of sp³-hybridized carbons (Fsp3) is 0.267. The monoisotopic (exact) mass is 406 g/mol. The lowest BCUT2D eigenvalue weighted by Crippen LogP contribution is -2.38. The Kier molecular flexibility index (Phi) is 6.65. The molecule has 0 saturated carbocycles. The standard InChI is InChI=1S/C15H16Cl2N2O3S2/c1-19(24(21,22)15-7-6-13(17)23-15)10-14(20)18-9-8-11-2-4-12(16)5-3-11/h2-7H,8-10H2,1H3,(H,18,20). The Morgan fingerprint density at radius 1 is 1.17 bits per heavy atom. The minimum absolute atomic E-state index is 0.115. The second-order valence-corrected chi connectivity index (χ2v) is 9.47. The second-order valence-electron chi connectivity index (χ2n) is 5.05. The lowest BCUT2D eigenvalue weighted by Gasteiger charge is -2.15. The van der Waals surface area contributed by atoms with Crippen LogP contribution in [-0.4, -0.2) is 38.8 Å². The van der Waals surface area contributed by atoms with Crippen LogP contribution in [0.5, 0.6) is 0 Å². The summed E-state index contributed by atoms with van der Waals surface area (Å²) < 4.78 is 26.1. The van der Waals surface area contributed by atoms with Crippen molar-refractivity contribution >= 4 is 50.5 Å². The van der Waals surface area contributed by atoms with Gasteiger partial charge in [-0.2, -0.15) is 4.31 Å². The molecule has 0 aliphatic carbocycles. The number of hydrogen-bond acceptors (Lipinski definition) is 4. The van der Waals surface area contributed by atoms with E-state index in [2.05, 4.69) is 5.32 Å². The molecule has 1 aromatic heterocycles. The number of rotatable bonds is 7. The van der Waals surface area contributed by atoms with Gasteiger partial charge in [-0.05, 0) is 36.2 Å². The number of nitrogens with zero attached hydrogens (tertiary/aromatic N) is 1. The predicted octanol–water partition coefficient (Wildman–Crippen LogP) is 3.03. The predicted molar refractivity (Wildman–Crippen MR) is 97.3 cm³/mol. The summed E-state index contributed by atoms with van der Waals surface area (Å²) >= 11 is 12.5. The highest BCUT2D eigenvalue weighted by atomic mass is 35.5. The van der Waals surface area contributed by atoms with Gasteiger partial charge in [0, 0.05) is 18.6 Å². The summed E-state index contributed by atoms with van der Waals surface area (Å²) in [4.78, 5) is 11.9. The molecule has 1 N–H and O–H groups in total. The van der Waals surface area contributed by atoms with Crippen LogP contribution in [0.1, 0.15) is 5.56 Å². The summed E-state index contributed by atoms with van der Waals surface area (Å²) in [5.41, 5.74) is 1.04. The van der Waals surface area contributed by atoms with Crippen LogP contribution in [0, 0.1) is 0 Å². The normalized spacial score (nSPS) is 11.7. The van der Waals surface area contributed by atoms with E-state index in [1.807, 2.05) is 12.1 Å². The molecule has 0 radical (unpaired) electrons. The van der Waals surface area contributed by atoms with Crippen LogP contribution in [-0.2, 0) is 21.2 Å². The summed E-state index contributed by atoms with van der Waals surface area (Å²) in [5.74, 6) is -0.363. The SMILES string of the molecule is CN(CC(=O)NCCc1ccc(Cl)cc1)S(=O)(=O)c1ccc(Cl)s1. The minimum Gasteiger partial charge on any atom is -0.355 e. The van der Waals surface area contributed by atoms with Gasteiger partial charge in [-0.15, -0.1) is 11.3 Å². The highest BCUT2D eigenvalue weighted by Crippen LogP contribution is 2.27. The first-order chi connectivity index (χ1) is 11.3. The van der Waals surface area contributed by atoms with Crippen molar-refractivity contribution in [3.8, 4) is 0 Å². The maximum atomic E-state index is 12.3. The third-order valence-electron chi connectivity index (χ3n) is 3.23. The Balaban J connectivity index is 1.84. The summed E-state index contributed by atoms with van der Waals surface area (Å²) in [6.45, 7) is 0.164. The maximum Gasteiger partial charge on any atom is 0.252 e. The van der Waals surface area contributed by atoms with Crippen molar-refractivity contribution in [2.45, 2.75) is 10.6 Å². The molecule has 2 aromatic rings. The van der Waals surface area contributed by atoms with Crippen molar-refractivity contribution in [2.24, 2.45) is 0 Å². The maximum absolute atomic E-state index is 12.3. The van der Waals surface area contributed by atoms with Gasteiger partial charge in [0.25, 0.3) is 10.0 Å². The highest BCUT2D eigenvalue weighted by molar-refractivity contribution is 7.91. The van der Waals surface area contributed by atoms with E-state index in [1.54, 1.807) is 12.1 Å². The summed E-state index contributed by atoms with van der Waals surface area (Å²) in [5, 5.41) is 3.36. The van der Waals surface area contributed by atoms with E-state index < -0.39 is 10.0 Å². The molecule has 0 fully saturated rings. The zero-order valence-corrected chi connectivity index (χ0v) is 16.0. The zero-order valence-electron chi connectivity index (χ0n) is 12.8. The van der Waals surface area contributed by atoms with Crippen molar-refractivity contribution in [1.82, 2.24) is 9.62 Å². The number of sulfonamides is 1. The molecule has 0 saturated heterocycles. The Morgan fingerprint density at radius 3 is 2.42 bits per heavy atom. The molecule has 1 heterocycles. The first kappa shape index (κ1) is 19.2. The first-order valence-corrected chi connectivity index (χ1v) is 10.0. The molecule has 5 nitrogen and oxygen atoms in total. The Bertz CT molecular complexity index is 804. The molecule has 1 aromatic carbocycles. The number of hydrogen-bond donors (Lipinski definition) is 1. The number of carbonyl (C=O) groups is 1. The lowest BCUT2D eigenvalue weighted by atomic mass is 10.1. The number of halogens is 2. The van der Waals surface area contributed by atoms with Crippen molar-refractivity contribution in [3.63, 3.8) is 0 Å². The smallest absolute Gasteiger partial charge is 0.252 e. The number of benzene rings is 1. The Morgan fingerprint density at radius 2 is 1.83 bits per heavy atom. The largest absolute Gasteiger partial charge is 0.355 e. The molecule has 0 aliphatic heterocycles. The summed E-state index contributed by atoms with van der Waals surface area (Å²) in [6, 6.07) is 10.3. The van der Waals surface area contributed by atoms with Crippen LogP contribution >= 0.6 is 34.5 Å². The van der Waals surface area contributed by atoms with E-state index in [-0.39, 0.29) is 16.7 Å². The van der Waals surface area contributed by atoms with Crippen LogP contribution in [0.25, 0.3) is 0 Å². The molecular weight excluding hydrogens is 391 g/mol. The van der Waals surface area contributed by atoms with E-state index in [9.17, 15) is 13.2 Å². The van der Waals surface area contributed by atoms with Gasteiger partial charge in [0.2, 0.25) is 5.91 Å². The second kappa shape index (κ2) is 8.31. The van der Waals surface area contributed by atoms with Crippen LogP contribution in [0.3, 0.4) is 0 Å². The molecule has 0 atom stereocenters. The van der Waals surface area contributed by atoms with Crippen molar-refractivity contribution < 1.29 is 13.2 Å². The van der Waals surface area contributed by atoms with Gasteiger partial charge in [0.1, 0.15) is 4.21 Å². The minimum atomic E-state index is -3.70. The summed E-state index contributed by atoms with van der Waals surface area (Å²) in [7, 11) is -2.34. The molecule has 0 spiro atoms. The van der Waals surface area contributed by atoms with Gasteiger partial charge in [-0.1, -0.05) is 35.3 Å². The molecular formula is C15H16Cl2N2O3S2. The number of nitrogens with one attached hydrogen (secondary N) is 1. The first-order valence-electron chi connectivity index (χ1n) is 7.02. The van der Waals surface area contributed by atoms with Crippen molar-refractivity contribution in [3.05, 3.63) is 51.3 Å². The zero-order chi connectivity index (χ0) is 17.7. The third kappa shape index (κ3) is 5.19. The van der Waals surface area contributed by atoms with Crippen LogP contribution in [0.4, 0.5) is 0 Å². The topological polar surface area (TPSA) is 66.5 Å². The van der Waals surface area contributed by atoms with Gasteiger partial charge in [-0.3, -0.25) is 4.79 Å². The van der Waals surface area contributed by atoms with Crippen LogP contribution in [0.15, 0.2) is 40.6 Å². The fourth-order valence-corrected chi connectivity index (χ4v) is 4.88. The van der Waals surface area contributed by atoms with Crippen LogP contribution < -0.4 is 5.32 Å². The molecule has 1 amide bonds. The van der Waals surface area contributed by atoms with Gasteiger partial charge < -0.3 is 5.32 Å². The number of thiophene rings is 1. The van der Waals surface area contributed by atoms with E-state index in [0.717, 1.165) is 21.2 Å². The summed E-state index contributed by atoms with van der Waals surface area (Å²) in [6.07, 6.45) is 0.639. The molecule has 9 heteroatoms. The third-order valence-corrected chi connectivity index (χ3v) is 6.98. The quantitative estimate of drug-likeness (QED) is 0.767. The lowest BCUT2D eigenvalue weighted by molar-refractivity contribution is -0.121. The van der Waals surface area contributed by atoms with Gasteiger partial charge >= 0.3 is 0 Å². The van der Waals surface area contributed by atoms with Crippen molar-refractivity contribution in [2.75, 3.05) is 20.1 Å². The highest BCUT2D eigenvalue weighted by Gasteiger charge is 2.24. The van der Waals surface area contributed by atoms with Crippen LogP contribution in [0.2, 0.25) is 9.36 Å². The van der Waals surface area contributed by atoms with E-state index in [4.69, 9.17) is 23.2 Å². The van der Waals surface area contributed by atoms with Gasteiger partial charge in [0.05, 0.1) is 10.9 Å². The van der Waals surface area contributed by atoms with Gasteiger partial charge in [0.15, 0.2) is 0 Å². The number of amides is 1. The average molecular weight is 407 g/mol. The molecule has 130 valence electrons. The molecule has 2 rings (SSSR count). The van der Waals surface area contributed by atoms with Gasteiger partial charge in [-0.25, -0.2) is 8.42 Å². The van der Waals surface area contributed by atoms with E-state index in [1.165, 1.54) is 19.2 Å².